The average Bonchev–Trinajstić information content (AvgIpc) is 2.69. The molecular formula is C24H20ClFOS. The number of hydrogen-bond donors (Lipinski definition) is 0. The molecule has 28 heavy (non-hydrogen) atoms. The number of hydrogen-bond acceptors (Lipinski definition) is 2. The number of aryl methyl sites for hydroxylation is 2. The second-order valence-electron chi connectivity index (χ2n) is 6.63. The Hall–Kier alpha value is -2.36. The van der Waals surface area contributed by atoms with Crippen LogP contribution in [0.5, 0.6) is 0 Å². The fourth-order valence-electron chi connectivity index (χ4n) is 2.67. The minimum Gasteiger partial charge on any atom is -0.288 e. The number of Topliss-reactive ketones (excluding diaryl/α,β-unsaturated/α-hetero) is 1. The van der Waals surface area contributed by atoms with Gasteiger partial charge in [0.25, 0.3) is 0 Å². The Labute approximate surface area is 174 Å². The highest BCUT2D eigenvalue weighted by atomic mass is 35.5. The van der Waals surface area contributed by atoms with Crippen LogP contribution in [-0.4, -0.2) is 5.78 Å². The number of benzene rings is 3. The van der Waals surface area contributed by atoms with Crippen LogP contribution in [0.1, 0.15) is 32.6 Å². The van der Waals surface area contributed by atoms with Gasteiger partial charge in [0.15, 0.2) is 5.78 Å². The van der Waals surface area contributed by atoms with Crippen LogP contribution < -0.4 is 0 Å². The third-order valence-electron chi connectivity index (χ3n) is 4.32. The van der Waals surface area contributed by atoms with Crippen molar-refractivity contribution in [3.8, 4) is 0 Å². The van der Waals surface area contributed by atoms with E-state index in [0.717, 1.165) is 11.1 Å². The first kappa shape index (κ1) is 20.4. The number of ketones is 1. The molecule has 0 aliphatic heterocycles. The maximum absolute atomic E-state index is 13.6. The van der Waals surface area contributed by atoms with Gasteiger partial charge in [-0.05, 0) is 73.0 Å². The SMILES string of the molecule is Cc1ccc(CSC(=Cc2ccc(F)c(C)c2)C(=O)c2ccc(Cl)cc2)cc1. The Balaban J connectivity index is 1.91. The molecule has 0 aromatic heterocycles. The Bertz CT molecular complexity index is 1010. The molecule has 0 spiro atoms. The fraction of sp³-hybridized carbons (Fsp3) is 0.125. The summed E-state index contributed by atoms with van der Waals surface area (Å²) in [6.07, 6.45) is 1.82. The lowest BCUT2D eigenvalue weighted by Crippen LogP contribution is -2.01. The summed E-state index contributed by atoms with van der Waals surface area (Å²) in [5, 5.41) is 0.587. The molecule has 0 fully saturated rings. The van der Waals surface area contributed by atoms with Crippen molar-refractivity contribution in [2.45, 2.75) is 19.6 Å². The predicted octanol–water partition coefficient (Wildman–Crippen LogP) is 7.25. The van der Waals surface area contributed by atoms with E-state index >= 15 is 0 Å². The van der Waals surface area contributed by atoms with E-state index in [9.17, 15) is 9.18 Å². The van der Waals surface area contributed by atoms with Gasteiger partial charge >= 0.3 is 0 Å². The number of thioether (sulfide) groups is 1. The molecule has 4 heteroatoms. The van der Waals surface area contributed by atoms with Crippen molar-refractivity contribution in [1.82, 2.24) is 0 Å². The van der Waals surface area contributed by atoms with Crippen molar-refractivity contribution in [1.29, 1.82) is 0 Å². The molecule has 0 saturated heterocycles. The summed E-state index contributed by atoms with van der Waals surface area (Å²) in [4.78, 5) is 13.7. The lowest BCUT2D eigenvalue weighted by atomic mass is 10.1. The van der Waals surface area contributed by atoms with Gasteiger partial charge < -0.3 is 0 Å². The van der Waals surface area contributed by atoms with Gasteiger partial charge in [0, 0.05) is 16.3 Å². The predicted molar refractivity (Wildman–Crippen MR) is 117 cm³/mol. The largest absolute Gasteiger partial charge is 0.288 e. The van der Waals surface area contributed by atoms with E-state index in [-0.39, 0.29) is 11.6 Å². The molecule has 0 atom stereocenters. The zero-order valence-electron chi connectivity index (χ0n) is 15.7. The summed E-state index contributed by atoms with van der Waals surface area (Å²) in [6, 6.07) is 20.0. The summed E-state index contributed by atoms with van der Waals surface area (Å²) in [6.45, 7) is 3.76. The molecule has 0 radical (unpaired) electrons. The van der Waals surface area contributed by atoms with Crippen LogP contribution in [-0.2, 0) is 5.75 Å². The molecule has 0 aliphatic carbocycles. The van der Waals surface area contributed by atoms with E-state index in [2.05, 4.69) is 24.3 Å². The van der Waals surface area contributed by atoms with Gasteiger partial charge in [0.05, 0.1) is 4.91 Å². The zero-order chi connectivity index (χ0) is 20.1. The molecule has 0 saturated carbocycles. The van der Waals surface area contributed by atoms with Crippen LogP contribution in [0.2, 0.25) is 5.02 Å². The van der Waals surface area contributed by atoms with Crippen molar-refractivity contribution >= 4 is 35.2 Å². The molecular weight excluding hydrogens is 391 g/mol. The highest BCUT2D eigenvalue weighted by Crippen LogP contribution is 2.28. The van der Waals surface area contributed by atoms with Gasteiger partial charge in [-0.15, -0.1) is 11.8 Å². The molecule has 3 aromatic carbocycles. The molecule has 1 nitrogen and oxygen atoms in total. The van der Waals surface area contributed by atoms with E-state index in [1.54, 1.807) is 43.3 Å². The Morgan fingerprint density at radius 3 is 2.32 bits per heavy atom. The summed E-state index contributed by atoms with van der Waals surface area (Å²) >= 11 is 7.42. The number of carbonyl (C=O) groups excluding carboxylic acids is 1. The molecule has 3 aromatic rings. The van der Waals surface area contributed by atoms with Gasteiger partial charge in [-0.3, -0.25) is 4.79 Å². The van der Waals surface area contributed by atoms with E-state index in [0.29, 0.717) is 26.8 Å². The maximum Gasteiger partial charge on any atom is 0.199 e. The number of carbonyl (C=O) groups is 1. The summed E-state index contributed by atoms with van der Waals surface area (Å²) in [5.74, 6) is 0.344. The van der Waals surface area contributed by atoms with E-state index in [1.807, 2.05) is 13.0 Å². The average molecular weight is 411 g/mol. The molecule has 0 amide bonds. The second kappa shape index (κ2) is 9.22. The first-order valence-corrected chi connectivity index (χ1v) is 10.3. The van der Waals surface area contributed by atoms with Crippen LogP contribution in [0.4, 0.5) is 4.39 Å². The van der Waals surface area contributed by atoms with Crippen LogP contribution in [0.3, 0.4) is 0 Å². The minimum atomic E-state index is -0.255. The van der Waals surface area contributed by atoms with Gasteiger partial charge in [0.2, 0.25) is 0 Å². The third-order valence-corrected chi connectivity index (χ3v) is 5.67. The summed E-state index contributed by atoms with van der Waals surface area (Å²) in [7, 11) is 0. The third kappa shape index (κ3) is 5.34. The van der Waals surface area contributed by atoms with Crippen molar-refractivity contribution in [3.63, 3.8) is 0 Å². The standard InChI is InChI=1S/C24H20ClFOS/c1-16-3-5-18(6-4-16)15-28-23(14-19-7-12-22(26)17(2)13-19)24(27)20-8-10-21(25)11-9-20/h3-14H,15H2,1-2H3. The first-order chi connectivity index (χ1) is 13.4. The number of rotatable bonds is 6. The summed E-state index contributed by atoms with van der Waals surface area (Å²) < 4.78 is 13.6. The second-order valence-corrected chi connectivity index (χ2v) is 8.08. The van der Waals surface area contributed by atoms with Crippen LogP contribution >= 0.6 is 23.4 Å². The van der Waals surface area contributed by atoms with E-state index in [1.165, 1.54) is 23.4 Å². The Morgan fingerprint density at radius 1 is 1.00 bits per heavy atom. The van der Waals surface area contributed by atoms with Gasteiger partial charge in [-0.2, -0.15) is 0 Å². The molecule has 3 rings (SSSR count). The minimum absolute atomic E-state index is 0.0734. The molecule has 0 aliphatic rings. The lowest BCUT2D eigenvalue weighted by molar-refractivity contribution is 0.104. The van der Waals surface area contributed by atoms with Crippen molar-refractivity contribution in [3.05, 3.63) is 110 Å². The van der Waals surface area contributed by atoms with Gasteiger partial charge in [-0.1, -0.05) is 47.5 Å². The van der Waals surface area contributed by atoms with Crippen molar-refractivity contribution < 1.29 is 9.18 Å². The quantitative estimate of drug-likeness (QED) is 0.314. The molecule has 0 heterocycles. The smallest absolute Gasteiger partial charge is 0.199 e. The maximum atomic E-state index is 13.6. The van der Waals surface area contributed by atoms with Gasteiger partial charge in [0.1, 0.15) is 5.82 Å². The van der Waals surface area contributed by atoms with E-state index < -0.39 is 0 Å². The van der Waals surface area contributed by atoms with Crippen molar-refractivity contribution in [2.75, 3.05) is 0 Å². The molecule has 142 valence electrons. The molecule has 0 bridgehead atoms. The van der Waals surface area contributed by atoms with Crippen molar-refractivity contribution in [2.24, 2.45) is 0 Å². The number of allylic oxidation sites excluding steroid dienone is 1. The summed E-state index contributed by atoms with van der Waals surface area (Å²) in [5.41, 5.74) is 4.26. The van der Waals surface area contributed by atoms with Crippen LogP contribution in [0.25, 0.3) is 6.08 Å². The lowest BCUT2D eigenvalue weighted by Gasteiger charge is -2.09. The van der Waals surface area contributed by atoms with Gasteiger partial charge in [-0.25, -0.2) is 4.39 Å². The monoisotopic (exact) mass is 410 g/mol. The Kier molecular flexibility index (Phi) is 6.71. The number of halogens is 2. The highest BCUT2D eigenvalue weighted by Gasteiger charge is 2.14. The Morgan fingerprint density at radius 2 is 1.68 bits per heavy atom. The fourth-order valence-corrected chi connectivity index (χ4v) is 3.78. The van der Waals surface area contributed by atoms with Crippen LogP contribution in [0.15, 0.2) is 71.6 Å². The first-order valence-electron chi connectivity index (χ1n) is 8.89. The molecule has 0 unspecified atom stereocenters. The van der Waals surface area contributed by atoms with Crippen LogP contribution in [0, 0.1) is 19.7 Å². The zero-order valence-corrected chi connectivity index (χ0v) is 17.3. The van der Waals surface area contributed by atoms with E-state index in [4.69, 9.17) is 11.6 Å². The topological polar surface area (TPSA) is 17.1 Å². The normalized spacial score (nSPS) is 11.5. The molecule has 0 N–H and O–H groups in total. The highest BCUT2D eigenvalue weighted by molar-refractivity contribution is 8.03.